The summed E-state index contributed by atoms with van der Waals surface area (Å²) in [6.07, 6.45) is 7.91. The quantitative estimate of drug-likeness (QED) is 0.663. The van der Waals surface area contributed by atoms with Crippen molar-refractivity contribution in [2.24, 2.45) is 5.92 Å². The lowest BCUT2D eigenvalue weighted by atomic mass is 9.92. The van der Waals surface area contributed by atoms with Crippen molar-refractivity contribution in [3.05, 3.63) is 53.9 Å². The van der Waals surface area contributed by atoms with Gasteiger partial charge in [-0.25, -0.2) is 5.01 Å². The van der Waals surface area contributed by atoms with Crippen LogP contribution in [0.1, 0.15) is 42.9 Å². The number of hydrogen-bond acceptors (Lipinski definition) is 6. The van der Waals surface area contributed by atoms with E-state index in [-0.39, 0.29) is 17.9 Å². The van der Waals surface area contributed by atoms with Crippen LogP contribution in [0, 0.1) is 5.92 Å². The number of carbonyl (C=O) groups excluding carboxylic acids is 2. The third kappa shape index (κ3) is 4.64. The first-order chi connectivity index (χ1) is 15.1. The Hall–Kier alpha value is -3.13. The number of ether oxygens (including phenoxy) is 2. The lowest BCUT2D eigenvalue weighted by Gasteiger charge is -2.24. The summed E-state index contributed by atoms with van der Waals surface area (Å²) in [5.41, 5.74) is 4.45. The first-order valence-electron chi connectivity index (χ1n) is 10.6. The van der Waals surface area contributed by atoms with Gasteiger partial charge < -0.3 is 14.8 Å². The second-order valence-electron chi connectivity index (χ2n) is 8.02. The third-order valence-corrected chi connectivity index (χ3v) is 5.90. The normalized spacial score (nSPS) is 21.7. The summed E-state index contributed by atoms with van der Waals surface area (Å²) in [5.74, 6) is -0.244. The van der Waals surface area contributed by atoms with Gasteiger partial charge in [0.15, 0.2) is 11.5 Å². The smallest absolute Gasteiger partial charge is 0.248 e. The molecule has 0 bridgehead atoms. The Morgan fingerprint density at radius 3 is 2.77 bits per heavy atom. The van der Waals surface area contributed by atoms with Gasteiger partial charge in [0, 0.05) is 26.0 Å². The molecule has 1 unspecified atom stereocenters. The first-order valence-corrected chi connectivity index (χ1v) is 10.6. The molecular formula is C23H28N4O4. The van der Waals surface area contributed by atoms with Crippen molar-refractivity contribution in [3.8, 4) is 11.5 Å². The van der Waals surface area contributed by atoms with Crippen LogP contribution < -0.4 is 20.2 Å². The number of carbonyl (C=O) groups is 2. The molecule has 1 aliphatic carbocycles. The van der Waals surface area contributed by atoms with Gasteiger partial charge >= 0.3 is 0 Å². The van der Waals surface area contributed by atoms with Crippen LogP contribution in [-0.2, 0) is 16.1 Å². The van der Waals surface area contributed by atoms with Gasteiger partial charge in [-0.3, -0.25) is 20.0 Å². The zero-order valence-corrected chi connectivity index (χ0v) is 17.8. The van der Waals surface area contributed by atoms with Crippen molar-refractivity contribution < 1.29 is 19.1 Å². The Labute approximate surface area is 181 Å². The standard InChI is InChI=1S/C23H28N4O4/c1-27-21(16-9-10-18(30-2)19(12-16)31-17-7-3-4-8-17)20(23(29)26-27)22(28)25-14-15-6-5-11-24-13-15/h5-6,9-13,17,20-21H,3-4,7-8,14H2,1-2H3,(H,25,28)(H,26,29)/t20?,21-/m1/s1. The number of methoxy groups -OCH3 is 1. The molecule has 1 saturated heterocycles. The van der Waals surface area contributed by atoms with Crippen LogP contribution in [0.15, 0.2) is 42.7 Å². The minimum atomic E-state index is -0.880. The predicted molar refractivity (Wildman–Crippen MR) is 114 cm³/mol. The maximum absolute atomic E-state index is 13.0. The van der Waals surface area contributed by atoms with E-state index in [4.69, 9.17) is 9.47 Å². The Morgan fingerprint density at radius 1 is 1.26 bits per heavy atom. The largest absolute Gasteiger partial charge is 0.493 e. The van der Waals surface area contributed by atoms with Crippen LogP contribution in [0.2, 0.25) is 0 Å². The molecule has 2 aromatic rings. The Balaban J connectivity index is 1.55. The highest BCUT2D eigenvalue weighted by molar-refractivity contribution is 6.02. The van der Waals surface area contributed by atoms with Gasteiger partial charge in [-0.1, -0.05) is 12.1 Å². The summed E-state index contributed by atoms with van der Waals surface area (Å²) in [5, 5.41) is 4.54. The second-order valence-corrected chi connectivity index (χ2v) is 8.02. The zero-order valence-electron chi connectivity index (χ0n) is 17.8. The van der Waals surface area contributed by atoms with E-state index < -0.39 is 12.0 Å². The van der Waals surface area contributed by atoms with Gasteiger partial charge in [-0.15, -0.1) is 0 Å². The number of pyridine rings is 1. The van der Waals surface area contributed by atoms with Gasteiger partial charge in [0.1, 0.15) is 5.92 Å². The summed E-state index contributed by atoms with van der Waals surface area (Å²) in [6.45, 7) is 0.311. The Kier molecular flexibility index (Phi) is 6.36. The second kappa shape index (κ2) is 9.34. The highest BCUT2D eigenvalue weighted by atomic mass is 16.5. The van der Waals surface area contributed by atoms with Crippen LogP contribution >= 0.6 is 0 Å². The molecule has 1 aromatic carbocycles. The average molecular weight is 425 g/mol. The van der Waals surface area contributed by atoms with Crippen LogP contribution in [0.5, 0.6) is 11.5 Å². The van der Waals surface area contributed by atoms with Crippen molar-refractivity contribution >= 4 is 11.8 Å². The van der Waals surface area contributed by atoms with Gasteiger partial charge in [-0.05, 0) is 55.0 Å². The number of amides is 2. The van der Waals surface area contributed by atoms with Gasteiger partial charge in [0.25, 0.3) is 0 Å². The fraction of sp³-hybridized carbons (Fsp3) is 0.435. The third-order valence-electron chi connectivity index (χ3n) is 5.90. The van der Waals surface area contributed by atoms with Crippen LogP contribution in [0.25, 0.3) is 0 Å². The summed E-state index contributed by atoms with van der Waals surface area (Å²) in [4.78, 5) is 29.6. The number of nitrogens with zero attached hydrogens (tertiary/aromatic N) is 2. The summed E-state index contributed by atoms with van der Waals surface area (Å²) >= 11 is 0. The molecule has 2 atom stereocenters. The van der Waals surface area contributed by atoms with Crippen molar-refractivity contribution in [3.63, 3.8) is 0 Å². The van der Waals surface area contributed by atoms with E-state index >= 15 is 0 Å². The van der Waals surface area contributed by atoms with Gasteiger partial charge in [0.05, 0.1) is 19.3 Å². The van der Waals surface area contributed by atoms with E-state index in [1.54, 1.807) is 31.6 Å². The Morgan fingerprint density at radius 2 is 2.06 bits per heavy atom. The van der Waals surface area contributed by atoms with E-state index in [1.165, 1.54) is 0 Å². The van der Waals surface area contributed by atoms with Crippen LogP contribution in [0.3, 0.4) is 0 Å². The molecule has 2 fully saturated rings. The molecule has 1 aliphatic heterocycles. The molecule has 2 heterocycles. The number of rotatable bonds is 7. The van der Waals surface area contributed by atoms with Crippen molar-refractivity contribution in [1.29, 1.82) is 0 Å². The molecule has 1 saturated carbocycles. The minimum Gasteiger partial charge on any atom is -0.493 e. The topological polar surface area (TPSA) is 92.8 Å². The number of aromatic nitrogens is 1. The maximum Gasteiger partial charge on any atom is 0.248 e. The summed E-state index contributed by atoms with van der Waals surface area (Å²) in [7, 11) is 3.37. The van der Waals surface area contributed by atoms with Crippen molar-refractivity contribution in [2.45, 2.75) is 44.4 Å². The maximum atomic E-state index is 13.0. The van der Waals surface area contributed by atoms with Crippen LogP contribution in [-0.4, -0.2) is 42.1 Å². The van der Waals surface area contributed by atoms with E-state index in [0.717, 1.165) is 36.8 Å². The molecule has 2 aliphatic rings. The van der Waals surface area contributed by atoms with Crippen molar-refractivity contribution in [1.82, 2.24) is 20.7 Å². The molecule has 164 valence electrons. The molecule has 0 spiro atoms. The first kappa shape index (κ1) is 21.1. The molecular weight excluding hydrogens is 396 g/mol. The number of benzene rings is 1. The molecule has 2 N–H and O–H groups in total. The van der Waals surface area contributed by atoms with Gasteiger partial charge in [0.2, 0.25) is 11.8 Å². The van der Waals surface area contributed by atoms with E-state index in [2.05, 4.69) is 15.7 Å². The van der Waals surface area contributed by atoms with Crippen LogP contribution in [0.4, 0.5) is 0 Å². The lowest BCUT2D eigenvalue weighted by Crippen LogP contribution is -2.37. The zero-order chi connectivity index (χ0) is 21.8. The van der Waals surface area contributed by atoms with E-state index in [1.807, 2.05) is 30.3 Å². The monoisotopic (exact) mass is 424 g/mol. The highest BCUT2D eigenvalue weighted by Gasteiger charge is 2.45. The van der Waals surface area contributed by atoms with E-state index in [0.29, 0.717) is 18.0 Å². The van der Waals surface area contributed by atoms with E-state index in [9.17, 15) is 9.59 Å². The summed E-state index contributed by atoms with van der Waals surface area (Å²) in [6, 6.07) is 8.83. The average Bonchev–Trinajstić information content (AvgIpc) is 3.39. The lowest BCUT2D eigenvalue weighted by molar-refractivity contribution is -0.133. The molecule has 4 rings (SSSR count). The molecule has 2 amide bonds. The predicted octanol–water partition coefficient (Wildman–Crippen LogP) is 2.36. The number of nitrogens with one attached hydrogen (secondary N) is 2. The van der Waals surface area contributed by atoms with Gasteiger partial charge in [-0.2, -0.15) is 0 Å². The molecule has 8 nitrogen and oxygen atoms in total. The summed E-state index contributed by atoms with van der Waals surface area (Å²) < 4.78 is 11.7. The molecule has 8 heteroatoms. The fourth-order valence-electron chi connectivity index (χ4n) is 4.32. The molecule has 1 aromatic heterocycles. The minimum absolute atomic E-state index is 0.170. The molecule has 0 radical (unpaired) electrons. The molecule has 31 heavy (non-hydrogen) atoms. The number of hydrazine groups is 1. The fourth-order valence-corrected chi connectivity index (χ4v) is 4.32. The number of hydrogen-bond donors (Lipinski definition) is 2. The Bertz CT molecular complexity index is 930. The van der Waals surface area contributed by atoms with Crippen molar-refractivity contribution in [2.75, 3.05) is 14.2 Å². The SMILES string of the molecule is COc1ccc([C@@H]2C(C(=O)NCc3cccnc3)C(=O)NN2C)cc1OC1CCCC1. The highest BCUT2D eigenvalue weighted by Crippen LogP contribution is 2.38.